The Hall–Kier alpha value is -1.74. The van der Waals surface area contributed by atoms with Gasteiger partial charge in [0.15, 0.2) is 0 Å². The van der Waals surface area contributed by atoms with E-state index in [0.717, 1.165) is 18.2 Å². The lowest BCUT2D eigenvalue weighted by molar-refractivity contribution is 0.502. The first-order valence-corrected chi connectivity index (χ1v) is 7.25. The molecule has 1 N–H and O–H groups in total. The minimum atomic E-state index is -0.544. The van der Waals surface area contributed by atoms with Gasteiger partial charge in [-0.25, -0.2) is 8.78 Å². The van der Waals surface area contributed by atoms with Gasteiger partial charge in [0.2, 0.25) is 0 Å². The van der Waals surface area contributed by atoms with Crippen LogP contribution >= 0.6 is 0 Å². The van der Waals surface area contributed by atoms with Crippen molar-refractivity contribution in [3.05, 3.63) is 70.3 Å². The highest BCUT2D eigenvalue weighted by molar-refractivity contribution is 5.31. The van der Waals surface area contributed by atoms with Gasteiger partial charge in [-0.3, -0.25) is 0 Å². The third-order valence-electron chi connectivity index (χ3n) is 3.51. The van der Waals surface area contributed by atoms with Crippen LogP contribution in [0.3, 0.4) is 0 Å². The van der Waals surface area contributed by atoms with E-state index in [4.69, 9.17) is 0 Å². The van der Waals surface area contributed by atoms with Crippen LogP contribution in [-0.2, 0) is 6.42 Å². The zero-order chi connectivity index (χ0) is 15.4. The summed E-state index contributed by atoms with van der Waals surface area (Å²) in [5, 5.41) is 3.28. The molecule has 0 aromatic heterocycles. The van der Waals surface area contributed by atoms with Gasteiger partial charge >= 0.3 is 0 Å². The van der Waals surface area contributed by atoms with Crippen molar-refractivity contribution in [2.24, 2.45) is 0 Å². The Bertz CT molecular complexity index is 602. The molecule has 0 saturated carbocycles. The Labute approximate surface area is 125 Å². The molecule has 0 aliphatic rings. The van der Waals surface area contributed by atoms with Gasteiger partial charge in [0, 0.05) is 17.7 Å². The van der Waals surface area contributed by atoms with Crippen molar-refractivity contribution >= 4 is 0 Å². The number of nitrogens with one attached hydrogen (secondary N) is 1. The average Bonchev–Trinajstić information content (AvgIpc) is 2.37. The summed E-state index contributed by atoms with van der Waals surface area (Å²) in [6.45, 7) is 6.82. The lowest BCUT2D eigenvalue weighted by atomic mass is 9.96. The molecule has 0 saturated heterocycles. The van der Waals surface area contributed by atoms with Gasteiger partial charge in [-0.05, 0) is 38.4 Å². The quantitative estimate of drug-likeness (QED) is 0.856. The van der Waals surface area contributed by atoms with E-state index in [1.807, 2.05) is 6.92 Å². The van der Waals surface area contributed by atoms with E-state index in [0.29, 0.717) is 12.0 Å². The van der Waals surface area contributed by atoms with Gasteiger partial charge in [-0.15, -0.1) is 0 Å². The van der Waals surface area contributed by atoms with Crippen molar-refractivity contribution in [2.45, 2.75) is 33.2 Å². The fourth-order valence-corrected chi connectivity index (χ4v) is 2.75. The molecule has 1 nitrogen and oxygen atoms in total. The van der Waals surface area contributed by atoms with Crippen LogP contribution in [0.1, 0.15) is 35.2 Å². The zero-order valence-electron chi connectivity index (χ0n) is 12.7. The first-order valence-electron chi connectivity index (χ1n) is 7.25. The van der Waals surface area contributed by atoms with Gasteiger partial charge in [-0.2, -0.15) is 0 Å². The largest absolute Gasteiger partial charge is 0.310 e. The fraction of sp³-hybridized carbons (Fsp3) is 0.333. The van der Waals surface area contributed by atoms with E-state index in [9.17, 15) is 8.78 Å². The van der Waals surface area contributed by atoms with E-state index < -0.39 is 11.6 Å². The molecule has 3 heteroatoms. The summed E-state index contributed by atoms with van der Waals surface area (Å²) < 4.78 is 27.1. The van der Waals surface area contributed by atoms with E-state index in [1.54, 1.807) is 0 Å². The fourth-order valence-electron chi connectivity index (χ4n) is 2.75. The predicted octanol–water partition coefficient (Wildman–Crippen LogP) is 4.47. The number of hydrogen-bond donors (Lipinski definition) is 1. The van der Waals surface area contributed by atoms with Gasteiger partial charge in [0.05, 0.1) is 0 Å². The standard InChI is InChI=1S/C18H21F2N/c1-4-21-18(16-6-5-15(19)11-17(16)20)10-14-8-12(2)7-13(3)9-14/h5-9,11,18,21H,4,10H2,1-3H3. The van der Waals surface area contributed by atoms with Crippen molar-refractivity contribution in [2.75, 3.05) is 6.54 Å². The Morgan fingerprint density at radius 3 is 2.24 bits per heavy atom. The Morgan fingerprint density at radius 2 is 1.67 bits per heavy atom. The molecule has 0 fully saturated rings. The highest BCUT2D eigenvalue weighted by Gasteiger charge is 2.16. The smallest absolute Gasteiger partial charge is 0.130 e. The van der Waals surface area contributed by atoms with Crippen LogP contribution in [0.2, 0.25) is 0 Å². The van der Waals surface area contributed by atoms with E-state index in [1.165, 1.54) is 23.3 Å². The molecule has 0 aliphatic carbocycles. The van der Waals surface area contributed by atoms with Crippen LogP contribution in [0.5, 0.6) is 0 Å². The highest BCUT2D eigenvalue weighted by atomic mass is 19.1. The van der Waals surface area contributed by atoms with Gasteiger partial charge in [-0.1, -0.05) is 42.3 Å². The molecule has 112 valence electrons. The molecular weight excluding hydrogens is 268 g/mol. The van der Waals surface area contributed by atoms with Crippen LogP contribution in [-0.4, -0.2) is 6.54 Å². The van der Waals surface area contributed by atoms with Crippen molar-refractivity contribution in [1.82, 2.24) is 5.32 Å². The molecule has 21 heavy (non-hydrogen) atoms. The van der Waals surface area contributed by atoms with Gasteiger partial charge in [0.25, 0.3) is 0 Å². The maximum atomic E-state index is 14.0. The summed E-state index contributed by atoms with van der Waals surface area (Å²) >= 11 is 0. The number of rotatable bonds is 5. The molecule has 0 spiro atoms. The van der Waals surface area contributed by atoms with Gasteiger partial charge < -0.3 is 5.32 Å². The summed E-state index contributed by atoms with van der Waals surface area (Å²) in [5.41, 5.74) is 4.05. The number of aryl methyl sites for hydroxylation is 2. The lowest BCUT2D eigenvalue weighted by Gasteiger charge is -2.20. The SMILES string of the molecule is CCNC(Cc1cc(C)cc(C)c1)c1ccc(F)cc1F. The molecule has 0 radical (unpaired) electrons. The number of hydrogen-bond acceptors (Lipinski definition) is 1. The molecule has 2 aromatic carbocycles. The second-order valence-corrected chi connectivity index (χ2v) is 5.48. The minimum absolute atomic E-state index is 0.156. The summed E-state index contributed by atoms with van der Waals surface area (Å²) in [4.78, 5) is 0. The topological polar surface area (TPSA) is 12.0 Å². The maximum absolute atomic E-state index is 14.0. The van der Waals surface area contributed by atoms with Crippen LogP contribution in [0, 0.1) is 25.5 Å². The first-order chi connectivity index (χ1) is 9.99. The second kappa shape index (κ2) is 6.81. The van der Waals surface area contributed by atoms with E-state index in [-0.39, 0.29) is 6.04 Å². The minimum Gasteiger partial charge on any atom is -0.310 e. The maximum Gasteiger partial charge on any atom is 0.130 e. The average molecular weight is 289 g/mol. The lowest BCUT2D eigenvalue weighted by Crippen LogP contribution is -2.24. The summed E-state index contributed by atoms with van der Waals surface area (Å²) in [6, 6.07) is 9.96. The Morgan fingerprint density at radius 1 is 1.00 bits per heavy atom. The molecule has 0 amide bonds. The number of benzene rings is 2. The summed E-state index contributed by atoms with van der Waals surface area (Å²) in [5.74, 6) is -1.04. The highest BCUT2D eigenvalue weighted by Crippen LogP contribution is 2.23. The monoisotopic (exact) mass is 289 g/mol. The van der Waals surface area contributed by atoms with Crippen molar-refractivity contribution in [3.8, 4) is 0 Å². The Balaban J connectivity index is 2.30. The molecule has 0 heterocycles. The van der Waals surface area contributed by atoms with Crippen molar-refractivity contribution < 1.29 is 8.78 Å². The van der Waals surface area contributed by atoms with Crippen molar-refractivity contribution in [3.63, 3.8) is 0 Å². The summed E-state index contributed by atoms with van der Waals surface area (Å²) in [7, 11) is 0. The number of halogens is 2. The third-order valence-corrected chi connectivity index (χ3v) is 3.51. The summed E-state index contributed by atoms with van der Waals surface area (Å²) in [6.07, 6.45) is 0.679. The third kappa shape index (κ3) is 4.11. The van der Waals surface area contributed by atoms with Crippen molar-refractivity contribution in [1.29, 1.82) is 0 Å². The normalized spacial score (nSPS) is 12.4. The van der Waals surface area contributed by atoms with Gasteiger partial charge in [0.1, 0.15) is 11.6 Å². The molecule has 2 rings (SSSR count). The van der Waals surface area contributed by atoms with Crippen LogP contribution < -0.4 is 5.32 Å². The van der Waals surface area contributed by atoms with E-state index in [2.05, 4.69) is 37.4 Å². The predicted molar refractivity (Wildman–Crippen MR) is 82.4 cm³/mol. The van der Waals surface area contributed by atoms with Crippen LogP contribution in [0.15, 0.2) is 36.4 Å². The molecule has 0 aliphatic heterocycles. The molecular formula is C18H21F2N. The zero-order valence-corrected chi connectivity index (χ0v) is 12.7. The molecule has 0 bridgehead atoms. The Kier molecular flexibility index (Phi) is 5.07. The van der Waals surface area contributed by atoms with E-state index >= 15 is 0 Å². The van der Waals surface area contributed by atoms with Crippen LogP contribution in [0.4, 0.5) is 8.78 Å². The first kappa shape index (κ1) is 15.6. The molecule has 2 aromatic rings. The number of likely N-dealkylation sites (N-methyl/N-ethyl adjacent to an activating group) is 1. The van der Waals surface area contributed by atoms with Crippen LogP contribution in [0.25, 0.3) is 0 Å². The second-order valence-electron chi connectivity index (χ2n) is 5.48. The molecule has 1 unspecified atom stereocenters. The molecule has 1 atom stereocenters.